The van der Waals surface area contributed by atoms with Gasteiger partial charge >= 0.3 is 0 Å². The van der Waals surface area contributed by atoms with Gasteiger partial charge in [0, 0.05) is 43.8 Å². The van der Waals surface area contributed by atoms with Crippen molar-refractivity contribution in [3.8, 4) is 0 Å². The second kappa shape index (κ2) is 7.18. The Morgan fingerprint density at radius 1 is 0.964 bits per heavy atom. The summed E-state index contributed by atoms with van der Waals surface area (Å²) in [5.74, 6) is 1.34. The lowest BCUT2D eigenvalue weighted by molar-refractivity contribution is -0.142. The normalized spacial score (nSPS) is 34.4. The van der Waals surface area contributed by atoms with Gasteiger partial charge in [0.1, 0.15) is 0 Å². The Morgan fingerprint density at radius 3 is 2.32 bits per heavy atom. The molecule has 1 aliphatic carbocycles. The molecule has 3 fully saturated rings. The third-order valence-corrected chi connectivity index (χ3v) is 7.55. The summed E-state index contributed by atoms with van der Waals surface area (Å²) >= 11 is 0. The van der Waals surface area contributed by atoms with Crippen molar-refractivity contribution in [3.05, 3.63) is 29.8 Å². The van der Waals surface area contributed by atoms with Gasteiger partial charge in [-0.25, -0.2) is 0 Å². The fourth-order valence-corrected chi connectivity index (χ4v) is 6.07. The van der Waals surface area contributed by atoms with Crippen LogP contribution in [0.4, 0.5) is 5.69 Å². The summed E-state index contributed by atoms with van der Waals surface area (Å²) in [7, 11) is 0. The van der Waals surface area contributed by atoms with Crippen LogP contribution in [-0.2, 0) is 16.0 Å². The molecule has 0 radical (unpaired) electrons. The minimum atomic E-state index is -0.159. The fourth-order valence-electron chi connectivity index (χ4n) is 6.07. The van der Waals surface area contributed by atoms with Crippen LogP contribution in [0.3, 0.4) is 0 Å². The molecule has 0 bridgehead atoms. The Balaban J connectivity index is 1.36. The first-order valence-electron chi connectivity index (χ1n) is 11.0. The average Bonchev–Trinajstić information content (AvgIpc) is 3.39. The number of likely N-dealkylation sites (tertiary alicyclic amines) is 1. The molecule has 150 valence electrons. The topological polar surface area (TPSA) is 52.7 Å². The molecular weight excluding hydrogens is 350 g/mol. The van der Waals surface area contributed by atoms with E-state index in [2.05, 4.69) is 29.3 Å². The van der Waals surface area contributed by atoms with Crippen molar-refractivity contribution in [1.82, 2.24) is 10.2 Å². The smallest absolute Gasteiger partial charge is 0.231 e. The van der Waals surface area contributed by atoms with Crippen molar-refractivity contribution >= 4 is 17.5 Å². The van der Waals surface area contributed by atoms with E-state index in [1.54, 1.807) is 0 Å². The lowest BCUT2D eigenvalue weighted by Gasteiger charge is -2.36. The monoisotopic (exact) mass is 381 g/mol. The number of fused-ring (bicyclic) bond motifs is 2. The van der Waals surface area contributed by atoms with Crippen molar-refractivity contribution in [2.24, 2.45) is 23.7 Å². The van der Waals surface area contributed by atoms with Gasteiger partial charge in [-0.2, -0.15) is 0 Å². The minimum absolute atomic E-state index is 0.131. The molecule has 3 aliphatic heterocycles. The Bertz CT molecular complexity index is 767. The summed E-state index contributed by atoms with van der Waals surface area (Å²) in [5, 5.41) is 3.44. The van der Waals surface area contributed by atoms with E-state index >= 15 is 0 Å². The molecule has 2 saturated heterocycles. The highest BCUT2D eigenvalue weighted by molar-refractivity contribution is 6.00. The molecule has 5 atom stereocenters. The van der Waals surface area contributed by atoms with Gasteiger partial charge in [0.15, 0.2) is 0 Å². The molecule has 1 saturated carbocycles. The van der Waals surface area contributed by atoms with Crippen LogP contribution in [0, 0.1) is 23.7 Å². The predicted molar refractivity (Wildman–Crippen MR) is 109 cm³/mol. The number of benzene rings is 1. The van der Waals surface area contributed by atoms with Crippen molar-refractivity contribution in [2.75, 3.05) is 31.1 Å². The van der Waals surface area contributed by atoms with Crippen LogP contribution in [0.2, 0.25) is 0 Å². The predicted octanol–water partition coefficient (Wildman–Crippen LogP) is 2.45. The van der Waals surface area contributed by atoms with Crippen LogP contribution in [0.5, 0.6) is 0 Å². The van der Waals surface area contributed by atoms with Gasteiger partial charge in [0.2, 0.25) is 11.8 Å². The van der Waals surface area contributed by atoms with Crippen LogP contribution >= 0.6 is 0 Å². The quantitative estimate of drug-likeness (QED) is 0.856. The summed E-state index contributed by atoms with van der Waals surface area (Å²) in [6.07, 6.45) is 4.75. The van der Waals surface area contributed by atoms with Crippen LogP contribution in [0.15, 0.2) is 24.3 Å². The second-order valence-corrected chi connectivity index (χ2v) is 9.31. The first-order chi connectivity index (χ1) is 13.6. The number of nitrogens with zero attached hydrogens (tertiary/aromatic N) is 2. The number of hydrogen-bond donors (Lipinski definition) is 1. The SMILES string of the molecule is CC1Cc2ccccc2N1C(=O)C1CCCCC1C(=O)N1C[C@H]2CNC[C@H]2C1. The van der Waals surface area contributed by atoms with Crippen molar-refractivity contribution < 1.29 is 9.59 Å². The van der Waals surface area contributed by atoms with E-state index in [0.717, 1.165) is 64.0 Å². The number of anilines is 1. The Labute approximate surface area is 167 Å². The largest absolute Gasteiger partial charge is 0.342 e. The van der Waals surface area contributed by atoms with Gasteiger partial charge in [-0.3, -0.25) is 9.59 Å². The first kappa shape index (κ1) is 18.2. The standard InChI is InChI=1S/C23H31N3O2/c1-15-10-16-6-2-5-9-21(16)26(15)23(28)20-8-4-3-7-19(20)22(27)25-13-17-11-24-12-18(17)14-25/h2,5-6,9,15,17-20,24H,3-4,7-8,10-14H2,1H3/t15?,17-,18+,19?,20?. The highest BCUT2D eigenvalue weighted by Gasteiger charge is 2.45. The summed E-state index contributed by atoms with van der Waals surface area (Å²) in [6.45, 7) is 5.94. The molecule has 28 heavy (non-hydrogen) atoms. The van der Waals surface area contributed by atoms with Gasteiger partial charge in [0.25, 0.3) is 0 Å². The summed E-state index contributed by atoms with van der Waals surface area (Å²) in [5.41, 5.74) is 2.31. The Kier molecular flexibility index (Phi) is 4.66. The number of carbonyl (C=O) groups excluding carboxylic acids is 2. The van der Waals surface area contributed by atoms with Crippen LogP contribution in [-0.4, -0.2) is 48.9 Å². The number of para-hydroxylation sites is 1. The van der Waals surface area contributed by atoms with E-state index in [4.69, 9.17) is 0 Å². The number of hydrogen-bond acceptors (Lipinski definition) is 3. The third kappa shape index (κ3) is 2.95. The molecular formula is C23H31N3O2. The van der Waals surface area contributed by atoms with Gasteiger partial charge < -0.3 is 15.1 Å². The zero-order valence-corrected chi connectivity index (χ0v) is 16.8. The molecule has 3 unspecified atom stereocenters. The zero-order valence-electron chi connectivity index (χ0n) is 16.8. The van der Waals surface area contributed by atoms with Crippen LogP contribution in [0.1, 0.15) is 38.2 Å². The van der Waals surface area contributed by atoms with Crippen LogP contribution < -0.4 is 10.2 Å². The number of nitrogens with one attached hydrogen (secondary N) is 1. The maximum absolute atomic E-state index is 13.6. The zero-order chi connectivity index (χ0) is 19.3. The molecule has 5 rings (SSSR count). The van der Waals surface area contributed by atoms with Crippen molar-refractivity contribution in [1.29, 1.82) is 0 Å². The van der Waals surface area contributed by atoms with E-state index < -0.39 is 0 Å². The van der Waals surface area contributed by atoms with Gasteiger partial charge in [-0.15, -0.1) is 0 Å². The molecule has 1 N–H and O–H groups in total. The molecule has 5 heteroatoms. The highest BCUT2D eigenvalue weighted by Crippen LogP contribution is 2.39. The van der Waals surface area contributed by atoms with Crippen molar-refractivity contribution in [2.45, 2.75) is 45.1 Å². The molecule has 1 aromatic carbocycles. The molecule has 1 aromatic rings. The number of carbonyl (C=O) groups is 2. The fraction of sp³-hybridized carbons (Fsp3) is 0.652. The molecule has 2 amide bonds. The summed E-state index contributed by atoms with van der Waals surface area (Å²) < 4.78 is 0. The maximum atomic E-state index is 13.6. The average molecular weight is 382 g/mol. The summed E-state index contributed by atoms with van der Waals surface area (Å²) in [4.78, 5) is 31.1. The highest BCUT2D eigenvalue weighted by atomic mass is 16.2. The minimum Gasteiger partial charge on any atom is -0.342 e. The third-order valence-electron chi connectivity index (χ3n) is 7.55. The lowest BCUT2D eigenvalue weighted by atomic mass is 9.77. The van der Waals surface area contributed by atoms with E-state index in [1.807, 2.05) is 17.0 Å². The lowest BCUT2D eigenvalue weighted by Crippen LogP contribution is -2.48. The van der Waals surface area contributed by atoms with Crippen LogP contribution in [0.25, 0.3) is 0 Å². The number of amides is 2. The maximum Gasteiger partial charge on any atom is 0.231 e. The van der Waals surface area contributed by atoms with Gasteiger partial charge in [-0.1, -0.05) is 31.0 Å². The second-order valence-electron chi connectivity index (χ2n) is 9.31. The molecule has 0 spiro atoms. The Morgan fingerprint density at radius 2 is 1.61 bits per heavy atom. The summed E-state index contributed by atoms with van der Waals surface area (Å²) in [6, 6.07) is 8.42. The van der Waals surface area contributed by atoms with E-state index in [9.17, 15) is 9.59 Å². The molecule has 5 nitrogen and oxygen atoms in total. The van der Waals surface area contributed by atoms with E-state index in [-0.39, 0.29) is 29.7 Å². The van der Waals surface area contributed by atoms with Crippen molar-refractivity contribution in [3.63, 3.8) is 0 Å². The Hall–Kier alpha value is -1.88. The molecule has 4 aliphatic rings. The number of rotatable bonds is 2. The van der Waals surface area contributed by atoms with Gasteiger partial charge in [0.05, 0.1) is 5.92 Å². The van der Waals surface area contributed by atoms with E-state index in [0.29, 0.717) is 11.8 Å². The molecule has 0 aromatic heterocycles. The van der Waals surface area contributed by atoms with Gasteiger partial charge in [-0.05, 0) is 49.7 Å². The first-order valence-corrected chi connectivity index (χ1v) is 11.0. The molecule has 3 heterocycles. The van der Waals surface area contributed by atoms with E-state index in [1.165, 1.54) is 5.56 Å².